The zero-order valence-electron chi connectivity index (χ0n) is 15.7. The van der Waals surface area contributed by atoms with E-state index in [9.17, 15) is 10.2 Å². The minimum absolute atomic E-state index is 0. The van der Waals surface area contributed by atoms with Gasteiger partial charge in [-0.2, -0.15) is 0 Å². The van der Waals surface area contributed by atoms with Gasteiger partial charge in [0.1, 0.15) is 0 Å². The largest absolute Gasteiger partial charge is 2.00 e. The maximum atomic E-state index is 10.6. The number of hydrogen-bond acceptors (Lipinski definition) is 4. The smallest absolute Gasteiger partial charge is 0.852 e. The first-order valence-electron chi connectivity index (χ1n) is 8.57. The number of nitrogens with one attached hydrogen (secondary N) is 2. The molecule has 0 spiro atoms. The Kier molecular flexibility index (Phi) is 25.2. The Labute approximate surface area is 177 Å². The molecule has 0 aromatic heterocycles. The molecule has 0 rings (SSSR count). The molecule has 2 atom stereocenters. The van der Waals surface area contributed by atoms with E-state index < -0.39 is 0 Å². The molecule has 0 amide bonds. The second-order valence-electron chi connectivity index (χ2n) is 5.59. The van der Waals surface area contributed by atoms with Crippen LogP contribution in [-0.2, 0) is 19.5 Å². The summed E-state index contributed by atoms with van der Waals surface area (Å²) in [7, 11) is 0. The van der Waals surface area contributed by atoms with Crippen LogP contribution in [0, 0.1) is 0 Å². The number of rotatable bonds is 12. The summed E-state index contributed by atoms with van der Waals surface area (Å²) >= 11 is 8.87. The maximum absolute atomic E-state index is 10.6. The zero-order valence-corrected chi connectivity index (χ0v) is 20.3. The van der Waals surface area contributed by atoms with Crippen molar-refractivity contribution in [1.82, 2.24) is 10.6 Å². The van der Waals surface area contributed by atoms with Gasteiger partial charge in [0.15, 0.2) is 0 Å². The molecular weight excluding hydrogens is 406 g/mol. The average molecular weight is 438 g/mol. The maximum Gasteiger partial charge on any atom is 2.00 e. The van der Waals surface area contributed by atoms with E-state index in [1.54, 1.807) is 0 Å². The number of unbranched alkanes of at least 4 members (excludes halogenated alkanes) is 2. The Morgan fingerprint density at radius 2 is 1.20 bits per heavy atom. The van der Waals surface area contributed by atoms with Crippen LogP contribution in [-0.4, -0.2) is 22.4 Å². The van der Waals surface area contributed by atoms with Gasteiger partial charge in [0.05, 0.1) is 0 Å². The Balaban J connectivity index is -0.000000372. The quantitative estimate of drug-likeness (QED) is 0.278. The van der Waals surface area contributed by atoms with Crippen molar-refractivity contribution < 1.29 is 29.7 Å². The predicted molar refractivity (Wildman–Crippen MR) is 108 cm³/mol. The molecule has 0 aromatic rings. The molecule has 140 valence electrons. The van der Waals surface area contributed by atoms with E-state index in [-0.39, 0.29) is 41.9 Å². The third kappa shape index (κ3) is 23.5. The third-order valence-corrected chi connectivity index (χ3v) is 3.59. The first-order chi connectivity index (χ1) is 11.4. The third-order valence-electron chi connectivity index (χ3n) is 3.36. The van der Waals surface area contributed by atoms with Crippen LogP contribution in [0.3, 0.4) is 0 Å². The summed E-state index contributed by atoms with van der Waals surface area (Å²) in [5, 5.41) is 25.8. The molecule has 0 radical (unpaired) electrons. The fourth-order valence-corrected chi connectivity index (χ4v) is 2.47. The molecule has 0 fully saturated rings. The Morgan fingerprint density at radius 1 is 0.880 bits per heavy atom. The normalized spacial score (nSPS) is 11.6. The van der Waals surface area contributed by atoms with Crippen LogP contribution in [0.4, 0.5) is 0 Å². The van der Waals surface area contributed by atoms with Gasteiger partial charge in [-0.15, -0.1) is 13.2 Å². The van der Waals surface area contributed by atoms with Gasteiger partial charge < -0.3 is 20.8 Å². The van der Waals surface area contributed by atoms with Crippen LogP contribution in [0.5, 0.6) is 0 Å². The molecule has 0 aliphatic heterocycles. The Morgan fingerprint density at radius 3 is 1.40 bits per heavy atom. The molecule has 0 bridgehead atoms. The van der Waals surface area contributed by atoms with Gasteiger partial charge in [-0.3, -0.25) is 0 Å². The van der Waals surface area contributed by atoms with Crippen molar-refractivity contribution in [1.29, 1.82) is 0 Å². The first-order valence-corrected chi connectivity index (χ1v) is 9.39. The summed E-state index contributed by atoms with van der Waals surface area (Å²) in [5.41, 5.74) is 0. The SMILES string of the molecule is C=CCC(CCCC)NC([O-])=S.C=CCC(CCCC)NC([O-])=S.[Zn+2]. The van der Waals surface area contributed by atoms with E-state index >= 15 is 0 Å². The predicted octanol–water partition coefficient (Wildman–Crippen LogP) is 2.71. The van der Waals surface area contributed by atoms with Crippen molar-refractivity contribution in [3.63, 3.8) is 0 Å². The van der Waals surface area contributed by atoms with Gasteiger partial charge in [-0.1, -0.05) is 76.1 Å². The van der Waals surface area contributed by atoms with Crippen molar-refractivity contribution in [3.8, 4) is 0 Å². The van der Waals surface area contributed by atoms with E-state index in [2.05, 4.69) is 62.1 Å². The van der Waals surface area contributed by atoms with Gasteiger partial charge in [0.2, 0.25) is 0 Å². The standard InChI is InChI=1S/2C9H17NOS.Zn/c2*1-3-5-7-8(6-4-2)10-9(11)12;/h2*4,8H,2-3,5-7H2,1H3,(H2,10,11,12);/q;;+2/p-2. The van der Waals surface area contributed by atoms with Crippen LogP contribution in [0.2, 0.25) is 0 Å². The van der Waals surface area contributed by atoms with Crippen LogP contribution in [0.15, 0.2) is 25.3 Å². The molecule has 0 heterocycles. The number of hydrogen-bond donors (Lipinski definition) is 2. The summed E-state index contributed by atoms with van der Waals surface area (Å²) < 4.78 is 0. The van der Waals surface area contributed by atoms with Crippen LogP contribution in [0.1, 0.15) is 65.2 Å². The van der Waals surface area contributed by atoms with Crippen LogP contribution < -0.4 is 20.8 Å². The van der Waals surface area contributed by atoms with Crippen molar-refractivity contribution in [2.24, 2.45) is 0 Å². The number of thiocarbonyl (C=S) groups is 2. The minimum atomic E-state index is -0.363. The van der Waals surface area contributed by atoms with Crippen LogP contribution >= 0.6 is 24.4 Å². The Bertz CT molecular complexity index is 335. The van der Waals surface area contributed by atoms with Gasteiger partial charge in [0.25, 0.3) is 0 Å². The van der Waals surface area contributed by atoms with E-state index in [0.29, 0.717) is 0 Å². The molecule has 0 aliphatic carbocycles. The van der Waals surface area contributed by atoms with E-state index in [1.165, 1.54) is 0 Å². The summed E-state index contributed by atoms with van der Waals surface area (Å²) in [6.45, 7) is 11.5. The van der Waals surface area contributed by atoms with E-state index in [4.69, 9.17) is 0 Å². The van der Waals surface area contributed by atoms with Gasteiger partial charge in [-0.05, 0) is 25.7 Å². The summed E-state index contributed by atoms with van der Waals surface area (Å²) in [4.78, 5) is 0. The average Bonchev–Trinajstić information content (AvgIpc) is 2.50. The summed E-state index contributed by atoms with van der Waals surface area (Å²) in [6, 6.07) is 0.375. The molecule has 0 saturated carbocycles. The molecular formula is C18H32N2O2S2Zn. The zero-order chi connectivity index (χ0) is 18.8. The summed E-state index contributed by atoms with van der Waals surface area (Å²) in [5.74, 6) is 0. The monoisotopic (exact) mass is 436 g/mol. The molecule has 2 N–H and O–H groups in total. The fraction of sp³-hybridized carbons (Fsp3) is 0.667. The van der Waals surface area contributed by atoms with Gasteiger partial charge in [-0.25, -0.2) is 0 Å². The topological polar surface area (TPSA) is 70.2 Å². The van der Waals surface area contributed by atoms with Crippen molar-refractivity contribution in [2.45, 2.75) is 77.3 Å². The second-order valence-corrected chi connectivity index (χ2v) is 6.33. The molecule has 0 aliphatic rings. The Hall–Kier alpha value is -0.517. The minimum Gasteiger partial charge on any atom is -0.852 e. The van der Waals surface area contributed by atoms with Crippen LogP contribution in [0.25, 0.3) is 0 Å². The van der Waals surface area contributed by atoms with Gasteiger partial charge in [0, 0.05) is 22.4 Å². The van der Waals surface area contributed by atoms with Gasteiger partial charge >= 0.3 is 19.5 Å². The molecule has 0 saturated heterocycles. The van der Waals surface area contributed by atoms with Crippen molar-refractivity contribution in [3.05, 3.63) is 25.3 Å². The van der Waals surface area contributed by atoms with E-state index in [0.717, 1.165) is 51.4 Å². The molecule has 0 aromatic carbocycles. The van der Waals surface area contributed by atoms with E-state index in [1.807, 2.05) is 12.2 Å². The fourth-order valence-electron chi connectivity index (χ4n) is 2.13. The molecule has 25 heavy (non-hydrogen) atoms. The van der Waals surface area contributed by atoms with Crippen molar-refractivity contribution >= 4 is 34.8 Å². The molecule has 2 unspecified atom stereocenters. The summed E-state index contributed by atoms with van der Waals surface area (Å²) in [6.07, 6.45) is 11.7. The second kappa shape index (κ2) is 21.5. The molecule has 4 nitrogen and oxygen atoms in total. The van der Waals surface area contributed by atoms with Crippen molar-refractivity contribution in [2.75, 3.05) is 0 Å². The first kappa shape index (κ1) is 29.3. The molecule has 7 heteroatoms.